The Morgan fingerprint density at radius 2 is 2.25 bits per heavy atom. The van der Waals surface area contributed by atoms with E-state index < -0.39 is 0 Å². The predicted molar refractivity (Wildman–Crippen MR) is 99.3 cm³/mol. The number of carbonyl (C=O) groups is 2. The molecule has 134 valence electrons. The topological polar surface area (TPSA) is 87.5 Å². The standard InChI is InChI=1S/C16H23ClN4O2.ClH/c1-2-3-4-11(10-18)20-15(22)13-9-12(5-6-14(13)17)21-8-7-19-16(21)23;/h5-6,9,11H,2-4,7-8,10,18H2,1H3,(H,19,23)(H,20,22);1H. The van der Waals surface area contributed by atoms with Crippen LogP contribution in [0.3, 0.4) is 0 Å². The Hall–Kier alpha value is -1.50. The lowest BCUT2D eigenvalue weighted by atomic mass is 10.1. The first-order valence-electron chi connectivity index (χ1n) is 7.92. The molecule has 1 aliphatic heterocycles. The summed E-state index contributed by atoms with van der Waals surface area (Å²) in [7, 11) is 0. The molecule has 1 unspecified atom stereocenters. The highest BCUT2D eigenvalue weighted by molar-refractivity contribution is 6.34. The van der Waals surface area contributed by atoms with Crippen molar-refractivity contribution >= 4 is 41.6 Å². The monoisotopic (exact) mass is 374 g/mol. The quantitative estimate of drug-likeness (QED) is 0.685. The van der Waals surface area contributed by atoms with Crippen LogP contribution in [0.15, 0.2) is 18.2 Å². The second-order valence-electron chi connectivity index (χ2n) is 5.60. The van der Waals surface area contributed by atoms with Crippen molar-refractivity contribution in [1.29, 1.82) is 0 Å². The number of benzene rings is 1. The minimum absolute atomic E-state index is 0. The van der Waals surface area contributed by atoms with Gasteiger partial charge in [0.2, 0.25) is 0 Å². The third kappa shape index (κ3) is 5.00. The predicted octanol–water partition coefficient (Wildman–Crippen LogP) is 2.54. The highest BCUT2D eigenvalue weighted by Crippen LogP contribution is 2.24. The van der Waals surface area contributed by atoms with E-state index in [-0.39, 0.29) is 30.4 Å². The molecule has 0 bridgehead atoms. The molecule has 1 atom stereocenters. The van der Waals surface area contributed by atoms with Crippen molar-refractivity contribution in [2.24, 2.45) is 5.73 Å². The van der Waals surface area contributed by atoms with E-state index in [4.69, 9.17) is 17.3 Å². The first kappa shape index (κ1) is 20.5. The number of nitrogens with two attached hydrogens (primary N) is 1. The molecule has 0 radical (unpaired) electrons. The van der Waals surface area contributed by atoms with Crippen molar-refractivity contribution in [2.75, 3.05) is 24.5 Å². The van der Waals surface area contributed by atoms with Crippen molar-refractivity contribution in [3.63, 3.8) is 0 Å². The molecule has 0 spiro atoms. The van der Waals surface area contributed by atoms with Crippen LogP contribution in [0.2, 0.25) is 5.02 Å². The number of anilines is 1. The Kier molecular flexibility index (Phi) is 8.31. The van der Waals surface area contributed by atoms with E-state index in [0.717, 1.165) is 19.3 Å². The van der Waals surface area contributed by atoms with E-state index in [0.29, 0.717) is 35.9 Å². The molecule has 0 aromatic heterocycles. The van der Waals surface area contributed by atoms with Crippen LogP contribution in [-0.2, 0) is 0 Å². The van der Waals surface area contributed by atoms with Gasteiger partial charge in [0.1, 0.15) is 0 Å². The van der Waals surface area contributed by atoms with E-state index in [1.54, 1.807) is 23.1 Å². The summed E-state index contributed by atoms with van der Waals surface area (Å²) in [6.07, 6.45) is 2.89. The van der Waals surface area contributed by atoms with Crippen LogP contribution < -0.4 is 21.3 Å². The fourth-order valence-electron chi connectivity index (χ4n) is 2.54. The minimum atomic E-state index is -0.261. The van der Waals surface area contributed by atoms with E-state index in [1.165, 1.54) is 0 Å². The van der Waals surface area contributed by atoms with Crippen molar-refractivity contribution in [3.8, 4) is 0 Å². The molecule has 4 N–H and O–H groups in total. The lowest BCUT2D eigenvalue weighted by Crippen LogP contribution is -2.40. The first-order valence-corrected chi connectivity index (χ1v) is 8.30. The van der Waals surface area contributed by atoms with Gasteiger partial charge in [0.15, 0.2) is 0 Å². The van der Waals surface area contributed by atoms with Crippen LogP contribution in [0.1, 0.15) is 36.5 Å². The highest BCUT2D eigenvalue weighted by atomic mass is 35.5. The average Bonchev–Trinajstić information content (AvgIpc) is 2.97. The second kappa shape index (κ2) is 9.71. The van der Waals surface area contributed by atoms with Gasteiger partial charge in [-0.05, 0) is 24.6 Å². The number of carbonyl (C=O) groups excluding carboxylic acids is 2. The maximum absolute atomic E-state index is 12.5. The Bertz CT molecular complexity index is 583. The average molecular weight is 375 g/mol. The Morgan fingerprint density at radius 1 is 1.50 bits per heavy atom. The number of nitrogens with one attached hydrogen (secondary N) is 2. The summed E-state index contributed by atoms with van der Waals surface area (Å²) < 4.78 is 0. The molecule has 3 amide bonds. The Labute approximate surface area is 153 Å². The number of unbranched alkanes of at least 4 members (excludes halogenated alkanes) is 1. The van der Waals surface area contributed by atoms with Gasteiger partial charge < -0.3 is 16.4 Å². The third-order valence-corrected chi connectivity index (χ3v) is 4.22. The van der Waals surface area contributed by atoms with E-state index in [1.807, 2.05) is 0 Å². The van der Waals surface area contributed by atoms with E-state index in [2.05, 4.69) is 17.6 Å². The number of urea groups is 1. The summed E-state index contributed by atoms with van der Waals surface area (Å²) in [5.74, 6) is -0.261. The molecule has 8 heteroatoms. The van der Waals surface area contributed by atoms with Gasteiger partial charge in [-0.15, -0.1) is 12.4 Å². The van der Waals surface area contributed by atoms with Crippen molar-refractivity contribution in [1.82, 2.24) is 10.6 Å². The van der Waals surface area contributed by atoms with Crippen LogP contribution in [0.5, 0.6) is 0 Å². The number of hydrogen-bond acceptors (Lipinski definition) is 3. The van der Waals surface area contributed by atoms with Crippen LogP contribution in [0.25, 0.3) is 0 Å². The molecule has 1 heterocycles. The van der Waals surface area contributed by atoms with Gasteiger partial charge in [-0.25, -0.2) is 4.79 Å². The summed E-state index contributed by atoms with van der Waals surface area (Å²) in [5, 5.41) is 6.01. The fraction of sp³-hybridized carbons (Fsp3) is 0.500. The molecule has 24 heavy (non-hydrogen) atoms. The van der Waals surface area contributed by atoms with Crippen molar-refractivity contribution < 1.29 is 9.59 Å². The lowest BCUT2D eigenvalue weighted by molar-refractivity contribution is 0.0936. The molecular weight excluding hydrogens is 351 g/mol. The molecule has 2 rings (SSSR count). The smallest absolute Gasteiger partial charge is 0.321 e. The maximum atomic E-state index is 12.5. The summed E-state index contributed by atoms with van der Waals surface area (Å²) in [5.41, 5.74) is 6.74. The SMILES string of the molecule is CCCCC(CN)NC(=O)c1cc(N2CCNC2=O)ccc1Cl.Cl. The molecule has 1 saturated heterocycles. The zero-order valence-electron chi connectivity index (χ0n) is 13.7. The number of hydrogen-bond donors (Lipinski definition) is 3. The highest BCUT2D eigenvalue weighted by Gasteiger charge is 2.23. The molecule has 1 aromatic carbocycles. The zero-order valence-corrected chi connectivity index (χ0v) is 15.3. The van der Waals surface area contributed by atoms with Gasteiger partial charge in [0, 0.05) is 31.4 Å². The molecule has 0 saturated carbocycles. The summed E-state index contributed by atoms with van der Waals surface area (Å²) >= 11 is 6.15. The summed E-state index contributed by atoms with van der Waals surface area (Å²) in [6, 6.07) is 4.79. The van der Waals surface area contributed by atoms with Crippen LogP contribution >= 0.6 is 24.0 Å². The minimum Gasteiger partial charge on any atom is -0.348 e. The van der Waals surface area contributed by atoms with Gasteiger partial charge >= 0.3 is 6.03 Å². The normalized spacial score (nSPS) is 14.8. The van der Waals surface area contributed by atoms with Gasteiger partial charge in [0.25, 0.3) is 5.91 Å². The molecular formula is C16H24Cl2N4O2. The van der Waals surface area contributed by atoms with Gasteiger partial charge in [-0.1, -0.05) is 31.4 Å². The molecule has 1 fully saturated rings. The maximum Gasteiger partial charge on any atom is 0.321 e. The summed E-state index contributed by atoms with van der Waals surface area (Å²) in [4.78, 5) is 25.8. The molecule has 0 aliphatic carbocycles. The number of amides is 3. The van der Waals surface area contributed by atoms with Gasteiger partial charge in [-0.2, -0.15) is 0 Å². The zero-order chi connectivity index (χ0) is 16.8. The number of rotatable bonds is 7. The van der Waals surface area contributed by atoms with Crippen LogP contribution in [0, 0.1) is 0 Å². The third-order valence-electron chi connectivity index (χ3n) is 3.89. The Balaban J connectivity index is 0.00000288. The number of halogens is 2. The molecule has 1 aromatic rings. The molecule has 6 nitrogen and oxygen atoms in total. The molecule has 1 aliphatic rings. The van der Waals surface area contributed by atoms with Gasteiger partial charge in [-0.3, -0.25) is 9.69 Å². The summed E-state index contributed by atoms with van der Waals surface area (Å²) in [6.45, 7) is 3.65. The van der Waals surface area contributed by atoms with Crippen LogP contribution in [-0.4, -0.2) is 37.6 Å². The second-order valence-corrected chi connectivity index (χ2v) is 6.00. The number of nitrogens with zero attached hydrogens (tertiary/aromatic N) is 1. The van der Waals surface area contributed by atoms with Gasteiger partial charge in [0.05, 0.1) is 10.6 Å². The van der Waals surface area contributed by atoms with Crippen LogP contribution in [0.4, 0.5) is 10.5 Å². The Morgan fingerprint density at radius 3 is 2.83 bits per heavy atom. The fourth-order valence-corrected chi connectivity index (χ4v) is 2.74. The van der Waals surface area contributed by atoms with E-state index >= 15 is 0 Å². The van der Waals surface area contributed by atoms with Crippen molar-refractivity contribution in [3.05, 3.63) is 28.8 Å². The van der Waals surface area contributed by atoms with Crippen molar-refractivity contribution in [2.45, 2.75) is 32.2 Å². The lowest BCUT2D eigenvalue weighted by Gasteiger charge is -2.19. The first-order chi connectivity index (χ1) is 11.1. The van der Waals surface area contributed by atoms with E-state index in [9.17, 15) is 9.59 Å². The largest absolute Gasteiger partial charge is 0.348 e.